The smallest absolute Gasteiger partial charge is 0.123 e. The van der Waals surface area contributed by atoms with Gasteiger partial charge in [-0.1, -0.05) is 32.4 Å². The molecule has 0 fully saturated rings. The second kappa shape index (κ2) is 3.87. The van der Waals surface area contributed by atoms with Gasteiger partial charge in [0.25, 0.3) is 0 Å². The minimum Gasteiger partial charge on any atom is -0.388 e. The third-order valence-corrected chi connectivity index (χ3v) is 2.42. The SMILES string of the molecule is CC(C)(C)C(O)c1cc(F)ccc1Cl. The van der Waals surface area contributed by atoms with Gasteiger partial charge in [0, 0.05) is 10.6 Å². The summed E-state index contributed by atoms with van der Waals surface area (Å²) in [6.45, 7) is 5.62. The van der Waals surface area contributed by atoms with Crippen LogP contribution in [-0.4, -0.2) is 5.11 Å². The van der Waals surface area contributed by atoms with Crippen molar-refractivity contribution >= 4 is 11.6 Å². The van der Waals surface area contributed by atoms with Crippen LogP contribution in [0.5, 0.6) is 0 Å². The second-order valence-corrected chi connectivity index (χ2v) is 4.84. The Labute approximate surface area is 88.5 Å². The highest BCUT2D eigenvalue weighted by atomic mass is 35.5. The number of rotatable bonds is 1. The van der Waals surface area contributed by atoms with Crippen molar-refractivity contribution in [3.8, 4) is 0 Å². The van der Waals surface area contributed by atoms with Gasteiger partial charge in [-0.3, -0.25) is 0 Å². The van der Waals surface area contributed by atoms with Crippen LogP contribution in [0.4, 0.5) is 4.39 Å². The molecule has 1 nitrogen and oxygen atoms in total. The van der Waals surface area contributed by atoms with Gasteiger partial charge in [0.2, 0.25) is 0 Å². The molecule has 0 heterocycles. The van der Waals surface area contributed by atoms with Crippen molar-refractivity contribution in [1.29, 1.82) is 0 Å². The van der Waals surface area contributed by atoms with Crippen LogP contribution in [0.15, 0.2) is 18.2 Å². The van der Waals surface area contributed by atoms with E-state index in [1.165, 1.54) is 18.2 Å². The summed E-state index contributed by atoms with van der Waals surface area (Å²) in [7, 11) is 0. The Hall–Kier alpha value is -0.600. The number of hydrogen-bond acceptors (Lipinski definition) is 1. The highest BCUT2D eigenvalue weighted by molar-refractivity contribution is 6.31. The zero-order chi connectivity index (χ0) is 10.9. The maximum Gasteiger partial charge on any atom is 0.123 e. The molecular formula is C11H14ClFO. The van der Waals surface area contributed by atoms with Crippen LogP contribution in [0.3, 0.4) is 0 Å². The number of halogens is 2. The molecule has 1 atom stereocenters. The van der Waals surface area contributed by atoms with E-state index in [-0.39, 0.29) is 11.2 Å². The lowest BCUT2D eigenvalue weighted by molar-refractivity contribution is 0.0625. The van der Waals surface area contributed by atoms with E-state index >= 15 is 0 Å². The van der Waals surface area contributed by atoms with Gasteiger partial charge >= 0.3 is 0 Å². The van der Waals surface area contributed by atoms with Crippen molar-refractivity contribution in [1.82, 2.24) is 0 Å². The zero-order valence-electron chi connectivity index (χ0n) is 8.51. The Balaban J connectivity index is 3.12. The summed E-state index contributed by atoms with van der Waals surface area (Å²) in [5, 5.41) is 10.3. The molecule has 0 bridgehead atoms. The van der Waals surface area contributed by atoms with E-state index in [9.17, 15) is 9.50 Å². The summed E-state index contributed by atoms with van der Waals surface area (Å²) in [4.78, 5) is 0. The van der Waals surface area contributed by atoms with E-state index in [2.05, 4.69) is 0 Å². The van der Waals surface area contributed by atoms with E-state index in [1.54, 1.807) is 0 Å². The molecule has 0 spiro atoms. The Morgan fingerprint density at radius 2 is 1.93 bits per heavy atom. The molecule has 0 aliphatic heterocycles. The Kier molecular flexibility index (Phi) is 3.17. The molecule has 0 aliphatic rings. The van der Waals surface area contributed by atoms with Gasteiger partial charge in [0.05, 0.1) is 6.10 Å². The molecule has 1 rings (SSSR count). The van der Waals surface area contributed by atoms with Gasteiger partial charge in [0.1, 0.15) is 5.82 Å². The molecule has 1 unspecified atom stereocenters. The summed E-state index contributed by atoms with van der Waals surface area (Å²) >= 11 is 5.87. The van der Waals surface area contributed by atoms with Crippen molar-refractivity contribution in [2.45, 2.75) is 26.9 Å². The van der Waals surface area contributed by atoms with Crippen LogP contribution in [-0.2, 0) is 0 Å². The monoisotopic (exact) mass is 216 g/mol. The maximum atomic E-state index is 12.9. The lowest BCUT2D eigenvalue weighted by Crippen LogP contribution is -2.18. The lowest BCUT2D eigenvalue weighted by Gasteiger charge is -2.26. The fraction of sp³-hybridized carbons (Fsp3) is 0.455. The van der Waals surface area contributed by atoms with Crippen LogP contribution in [0.25, 0.3) is 0 Å². The molecule has 3 heteroatoms. The average molecular weight is 217 g/mol. The van der Waals surface area contributed by atoms with Gasteiger partial charge in [0.15, 0.2) is 0 Å². The first kappa shape index (κ1) is 11.5. The first-order chi connectivity index (χ1) is 6.32. The second-order valence-electron chi connectivity index (χ2n) is 4.43. The third kappa shape index (κ3) is 2.46. The first-order valence-corrected chi connectivity index (χ1v) is 4.83. The van der Waals surface area contributed by atoms with Crippen molar-refractivity contribution in [3.63, 3.8) is 0 Å². The summed E-state index contributed by atoms with van der Waals surface area (Å²) < 4.78 is 12.9. The molecule has 1 aromatic rings. The van der Waals surface area contributed by atoms with Crippen molar-refractivity contribution in [2.75, 3.05) is 0 Å². The molecule has 0 saturated carbocycles. The van der Waals surface area contributed by atoms with Crippen LogP contribution in [0.1, 0.15) is 32.4 Å². The molecule has 14 heavy (non-hydrogen) atoms. The Morgan fingerprint density at radius 3 is 2.43 bits per heavy atom. The number of aliphatic hydroxyl groups excluding tert-OH is 1. The van der Waals surface area contributed by atoms with Crippen molar-refractivity contribution in [3.05, 3.63) is 34.6 Å². The van der Waals surface area contributed by atoms with E-state index < -0.39 is 6.10 Å². The summed E-state index contributed by atoms with van der Waals surface area (Å²) in [5.41, 5.74) is 0.0939. The first-order valence-electron chi connectivity index (χ1n) is 4.45. The summed E-state index contributed by atoms with van der Waals surface area (Å²) in [6.07, 6.45) is -0.759. The standard InChI is InChI=1S/C11H14ClFO/c1-11(2,3)10(14)8-6-7(13)4-5-9(8)12/h4-6,10,14H,1-3H3. The van der Waals surface area contributed by atoms with Gasteiger partial charge in [-0.2, -0.15) is 0 Å². The van der Waals surface area contributed by atoms with E-state index in [0.717, 1.165) is 0 Å². The van der Waals surface area contributed by atoms with E-state index in [4.69, 9.17) is 11.6 Å². The van der Waals surface area contributed by atoms with Gasteiger partial charge in [-0.05, 0) is 23.6 Å². The van der Waals surface area contributed by atoms with Crippen LogP contribution in [0, 0.1) is 11.2 Å². The zero-order valence-corrected chi connectivity index (χ0v) is 9.27. The molecule has 0 radical (unpaired) electrons. The normalized spacial score (nSPS) is 14.1. The van der Waals surface area contributed by atoms with E-state index in [1.807, 2.05) is 20.8 Å². The Bertz CT molecular complexity index is 331. The molecule has 0 saturated heterocycles. The van der Waals surface area contributed by atoms with Gasteiger partial charge in [-0.25, -0.2) is 4.39 Å². The third-order valence-electron chi connectivity index (χ3n) is 2.07. The number of aliphatic hydroxyl groups is 1. The quantitative estimate of drug-likeness (QED) is 0.761. The van der Waals surface area contributed by atoms with Crippen molar-refractivity contribution in [2.24, 2.45) is 5.41 Å². The Morgan fingerprint density at radius 1 is 1.36 bits per heavy atom. The predicted octanol–water partition coefficient (Wildman–Crippen LogP) is 3.56. The lowest BCUT2D eigenvalue weighted by atomic mass is 9.85. The van der Waals surface area contributed by atoms with Crippen LogP contribution in [0.2, 0.25) is 5.02 Å². The highest BCUT2D eigenvalue weighted by Gasteiger charge is 2.25. The molecule has 1 aromatic carbocycles. The highest BCUT2D eigenvalue weighted by Crippen LogP contribution is 2.36. The van der Waals surface area contributed by atoms with Gasteiger partial charge in [-0.15, -0.1) is 0 Å². The largest absolute Gasteiger partial charge is 0.388 e. The molecule has 0 aliphatic carbocycles. The molecule has 0 amide bonds. The number of benzene rings is 1. The fourth-order valence-electron chi connectivity index (χ4n) is 1.19. The summed E-state index contributed by atoms with van der Waals surface area (Å²) in [5.74, 6) is -0.382. The molecule has 78 valence electrons. The minimum absolute atomic E-state index is 0.350. The summed E-state index contributed by atoms with van der Waals surface area (Å²) in [6, 6.07) is 4.01. The number of hydrogen-bond donors (Lipinski definition) is 1. The van der Waals surface area contributed by atoms with E-state index in [0.29, 0.717) is 10.6 Å². The molecular weight excluding hydrogens is 203 g/mol. The topological polar surface area (TPSA) is 20.2 Å². The minimum atomic E-state index is -0.759. The maximum absolute atomic E-state index is 12.9. The predicted molar refractivity (Wildman–Crippen MR) is 55.8 cm³/mol. The van der Waals surface area contributed by atoms with Crippen molar-refractivity contribution < 1.29 is 9.50 Å². The van der Waals surface area contributed by atoms with Gasteiger partial charge < -0.3 is 5.11 Å². The fourth-order valence-corrected chi connectivity index (χ4v) is 1.41. The van der Waals surface area contributed by atoms with Crippen LogP contribution < -0.4 is 0 Å². The average Bonchev–Trinajstić information content (AvgIpc) is 2.06. The molecule has 1 N–H and O–H groups in total. The molecule has 0 aromatic heterocycles. The van der Waals surface area contributed by atoms with Crippen LogP contribution >= 0.6 is 11.6 Å².